The van der Waals surface area contributed by atoms with Gasteiger partial charge in [0, 0.05) is 23.2 Å². The lowest BCUT2D eigenvalue weighted by Crippen LogP contribution is -2.27. The number of halogens is 1. The van der Waals surface area contributed by atoms with Crippen molar-refractivity contribution in [1.29, 1.82) is 0 Å². The molecule has 0 aromatic heterocycles. The van der Waals surface area contributed by atoms with Crippen molar-refractivity contribution in [3.63, 3.8) is 0 Å². The molecule has 1 fully saturated rings. The summed E-state index contributed by atoms with van der Waals surface area (Å²) in [4.78, 5) is 12.2. The Bertz CT molecular complexity index is 669. The summed E-state index contributed by atoms with van der Waals surface area (Å²) in [7, 11) is 0. The molecule has 0 radical (unpaired) electrons. The number of nitrogens with one attached hydrogen (secondary N) is 1. The van der Waals surface area contributed by atoms with E-state index in [1.165, 1.54) is 5.56 Å². The van der Waals surface area contributed by atoms with Gasteiger partial charge in [0.05, 0.1) is 0 Å². The third kappa shape index (κ3) is 3.60. The molecule has 1 aliphatic rings. The summed E-state index contributed by atoms with van der Waals surface area (Å²) in [5.74, 6) is 0.542. The minimum atomic E-state index is 0.0879. The van der Waals surface area contributed by atoms with Gasteiger partial charge < -0.3 is 11.1 Å². The van der Waals surface area contributed by atoms with Gasteiger partial charge in [-0.3, -0.25) is 4.79 Å². The molecule has 4 heteroatoms. The molecule has 2 aromatic rings. The number of carbonyl (C=O) groups is 1. The number of benzene rings is 2. The van der Waals surface area contributed by atoms with Crippen LogP contribution in [0, 0.1) is 5.92 Å². The normalized spacial score (nSPS) is 19.7. The Kier molecular flexibility index (Phi) is 4.34. The largest absolute Gasteiger partial charge is 0.399 e. The molecule has 0 heterocycles. The predicted molar refractivity (Wildman–Crippen MR) is 89.9 cm³/mol. The monoisotopic (exact) mass is 314 g/mol. The van der Waals surface area contributed by atoms with Crippen LogP contribution in [0.5, 0.6) is 0 Å². The van der Waals surface area contributed by atoms with Gasteiger partial charge in [-0.1, -0.05) is 35.9 Å². The third-order valence-electron chi connectivity index (χ3n) is 4.10. The summed E-state index contributed by atoms with van der Waals surface area (Å²) in [5, 5.41) is 3.75. The molecule has 2 aromatic carbocycles. The molecule has 0 saturated heterocycles. The highest BCUT2D eigenvalue weighted by Gasteiger charge is 2.43. The van der Waals surface area contributed by atoms with Gasteiger partial charge >= 0.3 is 0 Å². The van der Waals surface area contributed by atoms with E-state index in [2.05, 4.69) is 5.32 Å². The Morgan fingerprint density at radius 3 is 2.73 bits per heavy atom. The summed E-state index contributed by atoms with van der Waals surface area (Å²) in [5.41, 5.74) is 8.75. The van der Waals surface area contributed by atoms with Crippen molar-refractivity contribution in [2.45, 2.75) is 18.8 Å². The lowest BCUT2D eigenvalue weighted by atomic mass is 10.1. The van der Waals surface area contributed by atoms with E-state index in [4.69, 9.17) is 17.3 Å². The molecule has 3 rings (SSSR count). The van der Waals surface area contributed by atoms with Crippen molar-refractivity contribution in [2.75, 3.05) is 12.3 Å². The van der Waals surface area contributed by atoms with Crippen LogP contribution in [0.15, 0.2) is 48.5 Å². The van der Waals surface area contributed by atoms with E-state index in [-0.39, 0.29) is 11.8 Å². The van der Waals surface area contributed by atoms with Crippen LogP contribution in [-0.2, 0) is 11.2 Å². The maximum absolute atomic E-state index is 12.2. The van der Waals surface area contributed by atoms with E-state index >= 15 is 0 Å². The van der Waals surface area contributed by atoms with Crippen molar-refractivity contribution >= 4 is 23.2 Å². The van der Waals surface area contributed by atoms with Crippen molar-refractivity contribution in [3.05, 3.63) is 64.7 Å². The molecule has 3 nitrogen and oxygen atoms in total. The summed E-state index contributed by atoms with van der Waals surface area (Å²) in [6.07, 6.45) is 1.73. The predicted octanol–water partition coefficient (Wildman–Crippen LogP) is 3.38. The number of carbonyl (C=O) groups excluding carboxylic acids is 1. The smallest absolute Gasteiger partial charge is 0.223 e. The zero-order valence-electron chi connectivity index (χ0n) is 12.3. The van der Waals surface area contributed by atoms with E-state index < -0.39 is 0 Å². The molecule has 0 aliphatic heterocycles. The topological polar surface area (TPSA) is 55.1 Å². The fraction of sp³-hybridized carbons (Fsp3) is 0.278. The highest BCUT2D eigenvalue weighted by molar-refractivity contribution is 6.30. The van der Waals surface area contributed by atoms with Gasteiger partial charge in [0.25, 0.3) is 0 Å². The Labute approximate surface area is 135 Å². The van der Waals surface area contributed by atoms with Crippen LogP contribution in [-0.4, -0.2) is 12.5 Å². The molecule has 3 N–H and O–H groups in total. The number of rotatable bonds is 5. The number of nitrogen functional groups attached to an aromatic ring is 1. The Morgan fingerprint density at radius 1 is 1.23 bits per heavy atom. The van der Waals surface area contributed by atoms with E-state index in [9.17, 15) is 4.79 Å². The zero-order chi connectivity index (χ0) is 15.5. The second kappa shape index (κ2) is 6.41. The fourth-order valence-corrected chi connectivity index (χ4v) is 2.93. The van der Waals surface area contributed by atoms with Crippen LogP contribution in [0.25, 0.3) is 0 Å². The molecule has 1 amide bonds. The highest BCUT2D eigenvalue weighted by atomic mass is 35.5. The molecule has 1 saturated carbocycles. The van der Waals surface area contributed by atoms with Crippen molar-refractivity contribution in [2.24, 2.45) is 5.92 Å². The lowest BCUT2D eigenvalue weighted by molar-refractivity contribution is -0.122. The van der Waals surface area contributed by atoms with Crippen molar-refractivity contribution in [1.82, 2.24) is 5.32 Å². The molecule has 0 bridgehead atoms. The van der Waals surface area contributed by atoms with Gasteiger partial charge in [0.15, 0.2) is 0 Å². The first-order valence-electron chi connectivity index (χ1n) is 7.51. The maximum Gasteiger partial charge on any atom is 0.223 e. The second-order valence-electron chi connectivity index (χ2n) is 5.79. The molecule has 114 valence electrons. The number of hydrogen-bond acceptors (Lipinski definition) is 2. The Hall–Kier alpha value is -2.00. The minimum absolute atomic E-state index is 0.0879. The van der Waals surface area contributed by atoms with Crippen LogP contribution in [0.2, 0.25) is 5.02 Å². The molecule has 0 spiro atoms. The Morgan fingerprint density at radius 2 is 2.00 bits per heavy atom. The molecule has 2 unspecified atom stereocenters. The van der Waals surface area contributed by atoms with E-state index in [1.54, 1.807) is 0 Å². The number of hydrogen-bond donors (Lipinski definition) is 2. The summed E-state index contributed by atoms with van der Waals surface area (Å²) >= 11 is 6.00. The molecular formula is C18H19ClN2O. The lowest BCUT2D eigenvalue weighted by Gasteiger charge is -2.06. The summed E-state index contributed by atoms with van der Waals surface area (Å²) in [6.45, 7) is 0.654. The van der Waals surface area contributed by atoms with Crippen molar-refractivity contribution in [3.8, 4) is 0 Å². The molecule has 22 heavy (non-hydrogen) atoms. The standard InChI is InChI=1S/C18H19ClN2O/c19-14-3-1-2-13(10-14)16-11-17(16)18(22)21-9-8-12-4-6-15(20)7-5-12/h1-7,10,16-17H,8-9,11,20H2,(H,21,22). The zero-order valence-corrected chi connectivity index (χ0v) is 13.0. The second-order valence-corrected chi connectivity index (χ2v) is 6.22. The van der Waals surface area contributed by atoms with Crippen LogP contribution in [0.1, 0.15) is 23.5 Å². The molecular weight excluding hydrogens is 296 g/mol. The number of amides is 1. The van der Waals surface area contributed by atoms with Gasteiger partial charge in [0.2, 0.25) is 5.91 Å². The van der Waals surface area contributed by atoms with Crippen LogP contribution < -0.4 is 11.1 Å². The number of nitrogens with two attached hydrogens (primary N) is 1. The fourth-order valence-electron chi connectivity index (χ4n) is 2.74. The first kappa shape index (κ1) is 14.9. The molecule has 1 aliphatic carbocycles. The summed E-state index contributed by atoms with van der Waals surface area (Å²) < 4.78 is 0. The van der Waals surface area contributed by atoms with Crippen LogP contribution in [0.3, 0.4) is 0 Å². The van der Waals surface area contributed by atoms with Gasteiger partial charge in [-0.15, -0.1) is 0 Å². The van der Waals surface area contributed by atoms with Crippen molar-refractivity contribution < 1.29 is 4.79 Å². The maximum atomic E-state index is 12.2. The number of anilines is 1. The third-order valence-corrected chi connectivity index (χ3v) is 4.33. The van der Waals surface area contributed by atoms with Crippen LogP contribution in [0.4, 0.5) is 5.69 Å². The van der Waals surface area contributed by atoms with E-state index in [0.717, 1.165) is 29.1 Å². The van der Waals surface area contributed by atoms with E-state index in [1.807, 2.05) is 48.5 Å². The highest BCUT2D eigenvalue weighted by Crippen LogP contribution is 2.47. The average Bonchev–Trinajstić information content (AvgIpc) is 3.30. The van der Waals surface area contributed by atoms with Gasteiger partial charge in [-0.2, -0.15) is 0 Å². The first-order valence-corrected chi connectivity index (χ1v) is 7.89. The molecule has 2 atom stereocenters. The van der Waals surface area contributed by atoms with Gasteiger partial charge in [-0.25, -0.2) is 0 Å². The van der Waals surface area contributed by atoms with E-state index in [0.29, 0.717) is 12.5 Å². The average molecular weight is 315 g/mol. The summed E-state index contributed by atoms with van der Waals surface area (Å²) in [6, 6.07) is 15.5. The Balaban J connectivity index is 1.46. The minimum Gasteiger partial charge on any atom is -0.399 e. The quantitative estimate of drug-likeness (QED) is 0.831. The first-order chi connectivity index (χ1) is 10.6. The SMILES string of the molecule is Nc1ccc(CCNC(=O)C2CC2c2cccc(Cl)c2)cc1. The van der Waals surface area contributed by atoms with Gasteiger partial charge in [0.1, 0.15) is 0 Å². The van der Waals surface area contributed by atoms with Crippen LogP contribution >= 0.6 is 11.6 Å². The van der Waals surface area contributed by atoms with Gasteiger partial charge in [-0.05, 0) is 54.2 Å².